The lowest BCUT2D eigenvalue weighted by molar-refractivity contribution is -0.140. The van der Waals surface area contributed by atoms with Crippen LogP contribution in [0.1, 0.15) is 23.4 Å². The molecule has 16 heavy (non-hydrogen) atoms. The summed E-state index contributed by atoms with van der Waals surface area (Å²) in [5.41, 5.74) is 2.34. The Hall–Kier alpha value is -0.760. The monoisotopic (exact) mass is 304 g/mol. The van der Waals surface area contributed by atoms with E-state index in [1.54, 1.807) is 0 Å². The topological polar surface area (TPSA) is 38.9 Å². The molecule has 2 N–H and O–H groups in total. The van der Waals surface area contributed by atoms with Crippen LogP contribution in [-0.4, -0.2) is 4.98 Å². The molecule has 2 nitrogen and oxygen atoms in total. The number of hydrogen-bond donors (Lipinski definition) is 1. The number of alkyl halides is 5. The molecule has 1 aromatic rings. The van der Waals surface area contributed by atoms with Crippen LogP contribution in [0.5, 0.6) is 0 Å². The van der Waals surface area contributed by atoms with E-state index < -0.39 is 28.3 Å². The highest BCUT2D eigenvalue weighted by atomic mass is 79.9. The third kappa shape index (κ3) is 2.67. The molecule has 0 aliphatic rings. The average molecular weight is 305 g/mol. The number of hydrogen-bond acceptors (Lipinski definition) is 2. The maximum atomic E-state index is 12.5. The van der Waals surface area contributed by atoms with E-state index >= 15 is 0 Å². The van der Waals surface area contributed by atoms with E-state index in [0.29, 0.717) is 0 Å². The van der Waals surface area contributed by atoms with Crippen molar-refractivity contribution in [3.05, 3.63) is 27.5 Å². The standard InChI is InChI=1S/C8H6BrF5N2/c9-4-1-3(2-15)16-6(7(10)11)5(4)8(12,13)14/h1,7H,2,15H2. The number of rotatable bonds is 2. The number of nitrogens with zero attached hydrogens (tertiary/aromatic N) is 1. The molecule has 90 valence electrons. The molecule has 8 heteroatoms. The maximum Gasteiger partial charge on any atom is 0.419 e. The highest BCUT2D eigenvalue weighted by Gasteiger charge is 2.39. The lowest BCUT2D eigenvalue weighted by Gasteiger charge is -2.14. The Morgan fingerprint density at radius 1 is 1.38 bits per heavy atom. The van der Waals surface area contributed by atoms with Gasteiger partial charge in [0.15, 0.2) is 0 Å². The highest BCUT2D eigenvalue weighted by molar-refractivity contribution is 9.10. The molecule has 0 saturated heterocycles. The van der Waals surface area contributed by atoms with Crippen LogP contribution in [0.3, 0.4) is 0 Å². The summed E-state index contributed by atoms with van der Waals surface area (Å²) in [5.74, 6) is 0. The number of aromatic nitrogens is 1. The lowest BCUT2D eigenvalue weighted by Crippen LogP contribution is -2.14. The molecule has 0 aliphatic heterocycles. The second-order valence-electron chi connectivity index (χ2n) is 2.86. The van der Waals surface area contributed by atoms with Crippen molar-refractivity contribution in [1.82, 2.24) is 4.98 Å². The molecule has 0 aromatic carbocycles. The van der Waals surface area contributed by atoms with Crippen LogP contribution in [0.4, 0.5) is 22.0 Å². The molecule has 0 bridgehead atoms. The van der Waals surface area contributed by atoms with Gasteiger partial charge in [-0.2, -0.15) is 13.2 Å². The van der Waals surface area contributed by atoms with Gasteiger partial charge in [-0.3, -0.25) is 0 Å². The fourth-order valence-corrected chi connectivity index (χ4v) is 1.82. The maximum absolute atomic E-state index is 12.5. The molecule has 1 rings (SSSR count). The second kappa shape index (κ2) is 4.62. The van der Waals surface area contributed by atoms with Crippen LogP contribution < -0.4 is 5.73 Å². The van der Waals surface area contributed by atoms with Gasteiger partial charge in [0.1, 0.15) is 5.69 Å². The SMILES string of the molecule is NCc1cc(Br)c(C(F)(F)F)c(C(F)F)n1. The summed E-state index contributed by atoms with van der Waals surface area (Å²) in [4.78, 5) is 3.19. The first-order valence-corrected chi connectivity index (χ1v) is 4.81. The Kier molecular flexibility index (Phi) is 3.84. The minimum atomic E-state index is -4.88. The van der Waals surface area contributed by atoms with Crippen molar-refractivity contribution in [1.29, 1.82) is 0 Å². The average Bonchev–Trinajstić information content (AvgIpc) is 2.14. The lowest BCUT2D eigenvalue weighted by atomic mass is 10.1. The van der Waals surface area contributed by atoms with Gasteiger partial charge in [-0.15, -0.1) is 0 Å². The smallest absolute Gasteiger partial charge is 0.325 e. The fourth-order valence-electron chi connectivity index (χ4n) is 1.13. The summed E-state index contributed by atoms with van der Waals surface area (Å²) in [6.07, 6.45) is -8.19. The second-order valence-corrected chi connectivity index (χ2v) is 3.71. The van der Waals surface area contributed by atoms with Crippen LogP contribution in [0.15, 0.2) is 10.5 Å². The van der Waals surface area contributed by atoms with E-state index in [1.807, 2.05) is 0 Å². The largest absolute Gasteiger partial charge is 0.419 e. The Morgan fingerprint density at radius 3 is 2.31 bits per heavy atom. The predicted octanol–water partition coefficient (Wildman–Crippen LogP) is 3.26. The van der Waals surface area contributed by atoms with E-state index in [9.17, 15) is 22.0 Å². The molecular weight excluding hydrogens is 299 g/mol. The summed E-state index contributed by atoms with van der Waals surface area (Å²) in [6, 6.07) is 0.981. The summed E-state index contributed by atoms with van der Waals surface area (Å²) in [7, 11) is 0. The molecule has 0 saturated carbocycles. The molecule has 0 spiro atoms. The van der Waals surface area contributed by atoms with Crippen molar-refractivity contribution in [2.75, 3.05) is 0 Å². The fraction of sp³-hybridized carbons (Fsp3) is 0.375. The van der Waals surface area contributed by atoms with E-state index in [2.05, 4.69) is 20.9 Å². The molecular formula is C8H6BrF5N2. The zero-order chi connectivity index (χ0) is 12.5. The van der Waals surface area contributed by atoms with Gasteiger partial charge in [0.2, 0.25) is 0 Å². The molecule has 0 amide bonds. The van der Waals surface area contributed by atoms with Gasteiger partial charge in [-0.1, -0.05) is 15.9 Å². The van der Waals surface area contributed by atoms with Crippen LogP contribution in [-0.2, 0) is 12.7 Å². The molecule has 0 aliphatic carbocycles. The number of halogens is 6. The third-order valence-electron chi connectivity index (χ3n) is 1.75. The first-order chi connectivity index (χ1) is 7.27. The van der Waals surface area contributed by atoms with Gasteiger partial charge in [-0.05, 0) is 6.07 Å². The summed E-state index contributed by atoms with van der Waals surface area (Å²) in [6.45, 7) is -0.212. The van der Waals surface area contributed by atoms with E-state index in [1.165, 1.54) is 0 Å². The summed E-state index contributed by atoms with van der Waals surface area (Å²) in [5, 5.41) is 0. The quantitative estimate of drug-likeness (QED) is 0.852. The zero-order valence-electron chi connectivity index (χ0n) is 7.65. The van der Waals surface area contributed by atoms with Crippen LogP contribution in [0.2, 0.25) is 0 Å². The first kappa shape index (κ1) is 13.3. The van der Waals surface area contributed by atoms with Gasteiger partial charge in [-0.25, -0.2) is 13.8 Å². The van der Waals surface area contributed by atoms with Crippen molar-refractivity contribution in [2.45, 2.75) is 19.1 Å². The zero-order valence-corrected chi connectivity index (χ0v) is 9.24. The molecule has 0 unspecified atom stereocenters. The van der Waals surface area contributed by atoms with Crippen molar-refractivity contribution in [3.63, 3.8) is 0 Å². The van der Waals surface area contributed by atoms with Gasteiger partial charge in [0.25, 0.3) is 6.43 Å². The minimum Gasteiger partial charge on any atom is -0.325 e. The summed E-state index contributed by atoms with van der Waals surface area (Å²) >= 11 is 2.59. The first-order valence-electron chi connectivity index (χ1n) is 4.02. The molecule has 0 radical (unpaired) electrons. The van der Waals surface area contributed by atoms with Crippen LogP contribution >= 0.6 is 15.9 Å². The van der Waals surface area contributed by atoms with Crippen molar-refractivity contribution in [3.8, 4) is 0 Å². The normalized spacial score (nSPS) is 12.2. The minimum absolute atomic E-state index is 0.0322. The van der Waals surface area contributed by atoms with Crippen molar-refractivity contribution < 1.29 is 22.0 Å². The number of nitrogens with two attached hydrogens (primary N) is 1. The Bertz CT molecular complexity index is 391. The predicted molar refractivity (Wildman–Crippen MR) is 49.8 cm³/mol. The van der Waals surface area contributed by atoms with Gasteiger partial charge >= 0.3 is 6.18 Å². The van der Waals surface area contributed by atoms with Gasteiger partial charge in [0.05, 0.1) is 11.3 Å². The molecule has 1 heterocycles. The van der Waals surface area contributed by atoms with Crippen LogP contribution in [0.25, 0.3) is 0 Å². The van der Waals surface area contributed by atoms with E-state index in [4.69, 9.17) is 5.73 Å². The molecule has 0 atom stereocenters. The Balaban J connectivity index is 3.46. The van der Waals surface area contributed by atoms with Crippen LogP contribution in [0, 0.1) is 0 Å². The van der Waals surface area contributed by atoms with Crippen molar-refractivity contribution in [2.24, 2.45) is 5.73 Å². The van der Waals surface area contributed by atoms with Gasteiger partial charge in [0, 0.05) is 11.0 Å². The molecule has 1 aromatic heterocycles. The molecule has 0 fully saturated rings. The van der Waals surface area contributed by atoms with E-state index in [-0.39, 0.29) is 12.2 Å². The Labute approximate surface area is 95.8 Å². The van der Waals surface area contributed by atoms with Crippen molar-refractivity contribution >= 4 is 15.9 Å². The van der Waals surface area contributed by atoms with Gasteiger partial charge < -0.3 is 5.73 Å². The third-order valence-corrected chi connectivity index (χ3v) is 2.38. The number of pyridine rings is 1. The Morgan fingerprint density at radius 2 is 1.94 bits per heavy atom. The highest BCUT2D eigenvalue weighted by Crippen LogP contribution is 2.40. The summed E-state index contributed by atoms with van der Waals surface area (Å²) < 4.78 is 61.8. The van der Waals surface area contributed by atoms with E-state index in [0.717, 1.165) is 6.07 Å².